The first-order chi connectivity index (χ1) is 11.1. The zero-order chi connectivity index (χ0) is 16.1. The van der Waals surface area contributed by atoms with Crippen LogP contribution >= 0.6 is 0 Å². The van der Waals surface area contributed by atoms with Crippen molar-refractivity contribution < 1.29 is 8.42 Å². The third-order valence-corrected chi connectivity index (χ3v) is 5.87. The maximum absolute atomic E-state index is 12.4. The molecule has 1 aromatic carbocycles. The molecule has 1 heterocycles. The molecular weight excluding hydrogens is 308 g/mol. The van der Waals surface area contributed by atoms with Crippen molar-refractivity contribution in [3.63, 3.8) is 0 Å². The summed E-state index contributed by atoms with van der Waals surface area (Å²) in [5, 5.41) is 0. The third kappa shape index (κ3) is 4.18. The molecule has 0 bridgehead atoms. The minimum absolute atomic E-state index is 0.251. The minimum atomic E-state index is -3.48. The molecule has 1 N–H and O–H groups in total. The van der Waals surface area contributed by atoms with Crippen molar-refractivity contribution in [3.8, 4) is 0 Å². The first-order valence-corrected chi connectivity index (χ1v) is 9.62. The summed E-state index contributed by atoms with van der Waals surface area (Å²) in [5.41, 5.74) is 2.10. The summed E-state index contributed by atoms with van der Waals surface area (Å²) in [7, 11) is -3.48. The van der Waals surface area contributed by atoms with Gasteiger partial charge in [-0.15, -0.1) is 0 Å². The van der Waals surface area contributed by atoms with Crippen molar-refractivity contribution in [2.45, 2.75) is 49.5 Å². The van der Waals surface area contributed by atoms with Crippen LogP contribution in [0.1, 0.15) is 49.1 Å². The largest absolute Gasteiger partial charge is 0.264 e. The number of hydrogen-bond donors (Lipinski definition) is 1. The summed E-state index contributed by atoms with van der Waals surface area (Å²) in [5.74, 6) is 0.587. The summed E-state index contributed by atoms with van der Waals surface area (Å²) in [4.78, 5) is 4.31. The number of benzene rings is 1. The van der Waals surface area contributed by atoms with E-state index in [2.05, 4.69) is 9.71 Å². The molecule has 3 rings (SSSR count). The van der Waals surface area contributed by atoms with E-state index < -0.39 is 10.0 Å². The van der Waals surface area contributed by atoms with Gasteiger partial charge in [-0.1, -0.05) is 37.5 Å². The number of aromatic nitrogens is 1. The summed E-state index contributed by atoms with van der Waals surface area (Å²) in [6.07, 6.45) is 9.63. The van der Waals surface area contributed by atoms with Gasteiger partial charge in [0.1, 0.15) is 0 Å². The Morgan fingerprint density at radius 1 is 1.04 bits per heavy atom. The van der Waals surface area contributed by atoms with Gasteiger partial charge in [0.2, 0.25) is 10.0 Å². The van der Waals surface area contributed by atoms with Gasteiger partial charge in [0.05, 0.1) is 4.90 Å². The first-order valence-electron chi connectivity index (χ1n) is 8.14. The van der Waals surface area contributed by atoms with E-state index >= 15 is 0 Å². The second kappa shape index (κ2) is 7.23. The second-order valence-corrected chi connectivity index (χ2v) is 7.86. The molecule has 23 heavy (non-hydrogen) atoms. The lowest BCUT2D eigenvalue weighted by Crippen LogP contribution is -2.23. The van der Waals surface area contributed by atoms with E-state index in [1.54, 1.807) is 30.6 Å². The molecule has 1 aliphatic rings. The molecule has 0 atom stereocenters. The zero-order valence-electron chi connectivity index (χ0n) is 13.1. The Kier molecular flexibility index (Phi) is 5.08. The molecule has 0 unspecified atom stereocenters. The van der Waals surface area contributed by atoms with Gasteiger partial charge >= 0.3 is 0 Å². The highest BCUT2D eigenvalue weighted by Gasteiger charge is 2.18. The maximum Gasteiger partial charge on any atom is 0.240 e. The monoisotopic (exact) mass is 330 g/mol. The Bertz CT molecular complexity index is 721. The van der Waals surface area contributed by atoms with Crippen molar-refractivity contribution in [1.29, 1.82) is 0 Å². The fourth-order valence-corrected chi connectivity index (χ4v) is 4.14. The summed E-state index contributed by atoms with van der Waals surface area (Å²) in [6, 6.07) is 11.0. The Morgan fingerprint density at radius 3 is 2.43 bits per heavy atom. The van der Waals surface area contributed by atoms with Gasteiger partial charge in [0.25, 0.3) is 0 Å². The lowest BCUT2D eigenvalue weighted by molar-refractivity contribution is 0.443. The van der Waals surface area contributed by atoms with E-state index in [0.29, 0.717) is 10.8 Å². The molecule has 0 spiro atoms. The topological polar surface area (TPSA) is 59.1 Å². The Morgan fingerprint density at radius 2 is 1.78 bits per heavy atom. The van der Waals surface area contributed by atoms with Crippen molar-refractivity contribution in [1.82, 2.24) is 9.71 Å². The molecule has 2 aromatic rings. The summed E-state index contributed by atoms with van der Waals surface area (Å²) >= 11 is 0. The molecule has 1 saturated carbocycles. The maximum atomic E-state index is 12.4. The standard InChI is InChI=1S/C18H22N2O2S/c21-23(22,20-14-15-5-4-12-19-13-15)18-10-8-17(9-11-18)16-6-2-1-3-7-16/h4-5,8-13,16,20H,1-3,6-7,14H2. The Balaban J connectivity index is 1.67. The summed E-state index contributed by atoms with van der Waals surface area (Å²) < 4.78 is 27.3. The number of nitrogens with zero attached hydrogens (tertiary/aromatic N) is 1. The molecule has 4 nitrogen and oxygen atoms in total. The zero-order valence-corrected chi connectivity index (χ0v) is 13.9. The molecule has 0 saturated heterocycles. The SMILES string of the molecule is O=S(=O)(NCc1cccnc1)c1ccc(C2CCCCC2)cc1. The van der Waals surface area contributed by atoms with Crippen LogP contribution in [0.3, 0.4) is 0 Å². The van der Waals surface area contributed by atoms with Crippen molar-refractivity contribution >= 4 is 10.0 Å². The van der Waals surface area contributed by atoms with Crippen LogP contribution in [0, 0.1) is 0 Å². The van der Waals surface area contributed by atoms with Crippen molar-refractivity contribution in [2.24, 2.45) is 0 Å². The molecule has 5 heteroatoms. The van der Waals surface area contributed by atoms with Crippen LogP contribution in [0.2, 0.25) is 0 Å². The van der Waals surface area contributed by atoms with E-state index in [4.69, 9.17) is 0 Å². The molecule has 1 aliphatic carbocycles. The number of rotatable bonds is 5. The van der Waals surface area contributed by atoms with E-state index in [1.807, 2.05) is 18.2 Å². The predicted molar refractivity (Wildman–Crippen MR) is 90.5 cm³/mol. The highest BCUT2D eigenvalue weighted by Crippen LogP contribution is 2.32. The van der Waals surface area contributed by atoms with Crippen LogP contribution < -0.4 is 4.72 Å². The van der Waals surface area contributed by atoms with Crippen LogP contribution in [0.4, 0.5) is 0 Å². The Hall–Kier alpha value is -1.72. The van der Waals surface area contributed by atoms with E-state index in [1.165, 1.54) is 37.7 Å². The normalized spacial score (nSPS) is 16.3. The molecule has 0 aliphatic heterocycles. The van der Waals surface area contributed by atoms with Gasteiger partial charge in [0, 0.05) is 18.9 Å². The average Bonchev–Trinajstić information content (AvgIpc) is 2.62. The molecule has 0 amide bonds. The fraction of sp³-hybridized carbons (Fsp3) is 0.389. The second-order valence-electron chi connectivity index (χ2n) is 6.09. The predicted octanol–water partition coefficient (Wildman–Crippen LogP) is 3.61. The van der Waals surface area contributed by atoms with Gasteiger partial charge < -0.3 is 0 Å². The molecule has 122 valence electrons. The molecule has 1 fully saturated rings. The van der Waals surface area contributed by atoms with Crippen LogP contribution in [0.25, 0.3) is 0 Å². The van der Waals surface area contributed by atoms with E-state index in [9.17, 15) is 8.42 Å². The quantitative estimate of drug-likeness (QED) is 0.911. The number of nitrogens with one attached hydrogen (secondary N) is 1. The lowest BCUT2D eigenvalue weighted by atomic mass is 9.84. The van der Waals surface area contributed by atoms with Gasteiger partial charge in [-0.2, -0.15) is 0 Å². The van der Waals surface area contributed by atoms with Gasteiger partial charge in [-0.3, -0.25) is 4.98 Å². The van der Waals surface area contributed by atoms with E-state index in [-0.39, 0.29) is 6.54 Å². The smallest absolute Gasteiger partial charge is 0.240 e. The van der Waals surface area contributed by atoms with Gasteiger partial charge in [-0.25, -0.2) is 13.1 Å². The molecular formula is C18H22N2O2S. The van der Waals surface area contributed by atoms with Crippen LogP contribution in [-0.2, 0) is 16.6 Å². The summed E-state index contributed by atoms with van der Waals surface area (Å²) in [6.45, 7) is 0.251. The van der Waals surface area contributed by atoms with Crippen molar-refractivity contribution in [2.75, 3.05) is 0 Å². The Labute approximate surface area is 138 Å². The molecule has 0 radical (unpaired) electrons. The average molecular weight is 330 g/mol. The fourth-order valence-electron chi connectivity index (χ4n) is 3.12. The van der Waals surface area contributed by atoms with Crippen LogP contribution in [0.5, 0.6) is 0 Å². The lowest BCUT2D eigenvalue weighted by Gasteiger charge is -2.22. The molecule has 1 aromatic heterocycles. The number of hydrogen-bond acceptors (Lipinski definition) is 3. The van der Waals surface area contributed by atoms with Crippen LogP contribution in [0.15, 0.2) is 53.7 Å². The van der Waals surface area contributed by atoms with Gasteiger partial charge in [0.15, 0.2) is 0 Å². The highest BCUT2D eigenvalue weighted by atomic mass is 32.2. The van der Waals surface area contributed by atoms with Crippen molar-refractivity contribution in [3.05, 3.63) is 59.9 Å². The first kappa shape index (κ1) is 16.1. The highest BCUT2D eigenvalue weighted by molar-refractivity contribution is 7.89. The van der Waals surface area contributed by atoms with Crippen LogP contribution in [-0.4, -0.2) is 13.4 Å². The van der Waals surface area contributed by atoms with Gasteiger partial charge in [-0.05, 0) is 48.1 Å². The number of pyridine rings is 1. The number of sulfonamides is 1. The minimum Gasteiger partial charge on any atom is -0.264 e. The van der Waals surface area contributed by atoms with E-state index in [0.717, 1.165) is 5.56 Å². The third-order valence-electron chi connectivity index (χ3n) is 4.46.